The van der Waals surface area contributed by atoms with Crippen LogP contribution in [0, 0.1) is 17.1 Å². The van der Waals surface area contributed by atoms with Gasteiger partial charge in [0.05, 0.1) is 9.50 Å². The summed E-state index contributed by atoms with van der Waals surface area (Å²) in [6.45, 7) is 2.00. The van der Waals surface area contributed by atoms with Crippen molar-refractivity contribution in [3.63, 3.8) is 0 Å². The van der Waals surface area contributed by atoms with Crippen LogP contribution in [0.5, 0.6) is 11.5 Å². The van der Waals surface area contributed by atoms with E-state index >= 15 is 0 Å². The molecule has 0 radical (unpaired) electrons. The molecular formula is C15H10BrClFNOS. The fourth-order valence-corrected chi connectivity index (χ4v) is 3.18. The Morgan fingerprint density at radius 1 is 1.38 bits per heavy atom. The lowest BCUT2D eigenvalue weighted by molar-refractivity contribution is 0.471. The monoisotopic (exact) mass is 385 g/mol. The van der Waals surface area contributed by atoms with Crippen LogP contribution in [0.4, 0.5) is 4.39 Å². The summed E-state index contributed by atoms with van der Waals surface area (Å²) in [5, 5.41) is 9.33. The molecule has 108 valence electrons. The molecule has 0 aromatic heterocycles. The molecule has 2 nitrogen and oxygen atoms in total. The highest BCUT2D eigenvalue weighted by molar-refractivity contribution is 9.10. The average Bonchev–Trinajstić information content (AvgIpc) is 2.45. The number of rotatable bonds is 4. The predicted octanol–water partition coefficient (Wildman–Crippen LogP) is 6.02. The van der Waals surface area contributed by atoms with E-state index in [4.69, 9.17) is 16.3 Å². The maximum absolute atomic E-state index is 13.5. The number of hydrogen-bond donors (Lipinski definition) is 0. The second kappa shape index (κ2) is 7.17. The van der Waals surface area contributed by atoms with Gasteiger partial charge in [-0.3, -0.25) is 0 Å². The lowest BCUT2D eigenvalue weighted by Gasteiger charge is -2.12. The summed E-state index contributed by atoms with van der Waals surface area (Å²) >= 11 is 10.5. The Bertz CT molecular complexity index is 718. The predicted molar refractivity (Wildman–Crippen MR) is 86.7 cm³/mol. The average molecular weight is 387 g/mol. The molecule has 0 unspecified atom stereocenters. The molecule has 0 amide bonds. The number of thioether (sulfide) groups is 1. The quantitative estimate of drug-likeness (QED) is 0.476. The van der Waals surface area contributed by atoms with E-state index in [1.165, 1.54) is 12.1 Å². The molecular weight excluding hydrogens is 377 g/mol. The van der Waals surface area contributed by atoms with Gasteiger partial charge in [-0.05, 0) is 39.9 Å². The van der Waals surface area contributed by atoms with Gasteiger partial charge >= 0.3 is 0 Å². The number of halogens is 3. The van der Waals surface area contributed by atoms with Gasteiger partial charge in [0.2, 0.25) is 0 Å². The smallest absolute Gasteiger partial charge is 0.146 e. The van der Waals surface area contributed by atoms with Crippen LogP contribution in [0.1, 0.15) is 12.5 Å². The van der Waals surface area contributed by atoms with Crippen LogP contribution in [-0.2, 0) is 0 Å². The van der Waals surface area contributed by atoms with Crippen molar-refractivity contribution in [1.29, 1.82) is 5.26 Å². The zero-order valence-electron chi connectivity index (χ0n) is 11.0. The zero-order chi connectivity index (χ0) is 15.4. The maximum atomic E-state index is 13.5. The van der Waals surface area contributed by atoms with Gasteiger partial charge < -0.3 is 4.74 Å². The van der Waals surface area contributed by atoms with Gasteiger partial charge in [0.15, 0.2) is 0 Å². The van der Waals surface area contributed by atoms with Gasteiger partial charge in [0.25, 0.3) is 0 Å². The Balaban J connectivity index is 2.43. The largest absolute Gasteiger partial charge is 0.455 e. The van der Waals surface area contributed by atoms with Crippen molar-refractivity contribution in [2.45, 2.75) is 11.8 Å². The Morgan fingerprint density at radius 2 is 2.14 bits per heavy atom. The van der Waals surface area contributed by atoms with E-state index < -0.39 is 5.82 Å². The molecule has 0 heterocycles. The van der Waals surface area contributed by atoms with Crippen LogP contribution in [0.3, 0.4) is 0 Å². The summed E-state index contributed by atoms with van der Waals surface area (Å²) in [5.74, 6) is 0.926. The third-order valence-electron chi connectivity index (χ3n) is 2.59. The van der Waals surface area contributed by atoms with Gasteiger partial charge in [-0.1, -0.05) is 24.6 Å². The number of nitriles is 1. The molecule has 0 N–H and O–H groups in total. The van der Waals surface area contributed by atoms with E-state index in [-0.39, 0.29) is 10.8 Å². The minimum Gasteiger partial charge on any atom is -0.455 e. The fourth-order valence-electron chi connectivity index (χ4n) is 1.68. The van der Waals surface area contributed by atoms with Crippen molar-refractivity contribution in [1.82, 2.24) is 0 Å². The second-order valence-corrected chi connectivity index (χ2v) is 6.54. The highest BCUT2D eigenvalue weighted by Crippen LogP contribution is 2.37. The Kier molecular flexibility index (Phi) is 5.51. The van der Waals surface area contributed by atoms with Crippen molar-refractivity contribution in [2.24, 2.45) is 0 Å². The maximum Gasteiger partial charge on any atom is 0.146 e. The zero-order valence-corrected chi connectivity index (χ0v) is 14.1. The molecule has 6 heteroatoms. The van der Waals surface area contributed by atoms with E-state index in [2.05, 4.69) is 22.0 Å². The van der Waals surface area contributed by atoms with Gasteiger partial charge in [0.1, 0.15) is 28.9 Å². The van der Waals surface area contributed by atoms with Crippen molar-refractivity contribution >= 4 is 39.3 Å². The summed E-state index contributed by atoms with van der Waals surface area (Å²) in [6, 6.07) is 10.1. The van der Waals surface area contributed by atoms with Crippen LogP contribution in [0.2, 0.25) is 5.02 Å². The summed E-state index contributed by atoms with van der Waals surface area (Å²) in [7, 11) is 0. The van der Waals surface area contributed by atoms with Crippen molar-refractivity contribution in [2.75, 3.05) is 5.75 Å². The van der Waals surface area contributed by atoms with Crippen molar-refractivity contribution < 1.29 is 9.13 Å². The van der Waals surface area contributed by atoms with Crippen molar-refractivity contribution in [3.8, 4) is 17.6 Å². The Labute approximate surface area is 140 Å². The number of nitrogens with zero attached hydrogens (tertiary/aromatic N) is 1. The highest BCUT2D eigenvalue weighted by Gasteiger charge is 2.13. The van der Waals surface area contributed by atoms with E-state index in [9.17, 15) is 9.65 Å². The molecule has 0 spiro atoms. The molecule has 0 aliphatic heterocycles. The van der Waals surface area contributed by atoms with Crippen LogP contribution in [0.25, 0.3) is 0 Å². The summed E-state index contributed by atoms with van der Waals surface area (Å²) in [4.78, 5) is 0.836. The van der Waals surface area contributed by atoms with Crippen molar-refractivity contribution in [3.05, 3.63) is 51.2 Å². The molecule has 0 bridgehead atoms. The summed E-state index contributed by atoms with van der Waals surface area (Å²) < 4.78 is 19.7. The Morgan fingerprint density at radius 3 is 2.81 bits per heavy atom. The van der Waals surface area contributed by atoms with Crippen LogP contribution in [-0.4, -0.2) is 5.75 Å². The summed E-state index contributed by atoms with van der Waals surface area (Å²) in [5.41, 5.74) is 0.437. The van der Waals surface area contributed by atoms with Crippen LogP contribution < -0.4 is 4.74 Å². The number of ether oxygens (including phenoxy) is 1. The molecule has 0 atom stereocenters. The molecule has 0 saturated carbocycles. The molecule has 0 saturated heterocycles. The first-order chi connectivity index (χ1) is 10.1. The summed E-state index contributed by atoms with van der Waals surface area (Å²) in [6.07, 6.45) is 0. The topological polar surface area (TPSA) is 33.0 Å². The number of hydrogen-bond acceptors (Lipinski definition) is 3. The minimum atomic E-state index is -0.576. The van der Waals surface area contributed by atoms with Crippen LogP contribution >= 0.6 is 39.3 Å². The van der Waals surface area contributed by atoms with E-state index in [1.807, 2.05) is 13.0 Å². The first-order valence-electron chi connectivity index (χ1n) is 6.05. The fraction of sp³-hybridized carbons (Fsp3) is 0.133. The third-order valence-corrected chi connectivity index (χ3v) is 4.44. The van der Waals surface area contributed by atoms with Crippen LogP contribution in [0.15, 0.2) is 39.7 Å². The standard InChI is InChI=1S/C15H10BrClFNOS/c1-2-21-15-5-3-4-13(9(15)8-19)20-14-7-12(18)11(17)6-10(14)16/h3-7H,2H2,1H3. The first kappa shape index (κ1) is 16.2. The highest BCUT2D eigenvalue weighted by atomic mass is 79.9. The van der Waals surface area contributed by atoms with Gasteiger partial charge in [-0.25, -0.2) is 4.39 Å². The normalized spacial score (nSPS) is 10.2. The lowest BCUT2D eigenvalue weighted by Crippen LogP contribution is -1.92. The molecule has 2 rings (SSSR count). The van der Waals surface area contributed by atoms with E-state index in [1.54, 1.807) is 23.9 Å². The molecule has 21 heavy (non-hydrogen) atoms. The molecule has 0 fully saturated rings. The van der Waals surface area contributed by atoms with Gasteiger partial charge in [0, 0.05) is 11.0 Å². The minimum absolute atomic E-state index is 0.00465. The van der Waals surface area contributed by atoms with E-state index in [0.717, 1.165) is 10.6 Å². The van der Waals surface area contributed by atoms with E-state index in [0.29, 0.717) is 15.8 Å². The molecule has 0 aliphatic carbocycles. The second-order valence-electron chi connectivity index (χ2n) is 3.97. The molecule has 0 aliphatic rings. The molecule has 2 aromatic rings. The Hall–Kier alpha value is -1.22. The first-order valence-corrected chi connectivity index (χ1v) is 8.20. The number of benzene rings is 2. The lowest BCUT2D eigenvalue weighted by atomic mass is 10.2. The third kappa shape index (κ3) is 3.70. The SMILES string of the molecule is CCSc1cccc(Oc2cc(F)c(Cl)cc2Br)c1C#N. The molecule has 2 aromatic carbocycles. The van der Waals surface area contributed by atoms with Gasteiger partial charge in [-0.2, -0.15) is 5.26 Å². The van der Waals surface area contributed by atoms with Gasteiger partial charge in [-0.15, -0.1) is 11.8 Å².